The number of nitrogens with zero attached hydrogens (tertiary/aromatic N) is 1. The summed E-state index contributed by atoms with van der Waals surface area (Å²) in [7, 11) is 0. The Morgan fingerprint density at radius 2 is 1.93 bits per heavy atom. The van der Waals surface area contributed by atoms with Gasteiger partial charge in [-0.1, -0.05) is 12.1 Å². The van der Waals surface area contributed by atoms with Gasteiger partial charge in [0.05, 0.1) is 4.92 Å². The highest BCUT2D eigenvalue weighted by Gasteiger charge is 2.16. The van der Waals surface area contributed by atoms with Crippen molar-refractivity contribution >= 4 is 17.5 Å². The summed E-state index contributed by atoms with van der Waals surface area (Å²) in [5, 5.41) is 11.0. The van der Waals surface area contributed by atoms with Gasteiger partial charge in [-0.25, -0.2) is 0 Å². The molecule has 0 radical (unpaired) electrons. The van der Waals surface area contributed by atoms with E-state index in [1.54, 1.807) is 48.5 Å². The van der Waals surface area contributed by atoms with Crippen LogP contribution in [0, 0.1) is 10.1 Å². The highest BCUT2D eigenvalue weighted by atomic mass is 16.7. The van der Waals surface area contributed by atoms with Gasteiger partial charge in [-0.3, -0.25) is 14.9 Å². The number of furan rings is 1. The van der Waals surface area contributed by atoms with E-state index in [0.717, 1.165) is 0 Å². The Morgan fingerprint density at radius 3 is 2.79 bits per heavy atom. The molecule has 1 aliphatic heterocycles. The zero-order valence-corrected chi connectivity index (χ0v) is 15.1. The van der Waals surface area contributed by atoms with Crippen LogP contribution >= 0.6 is 0 Å². The number of hydrogen-bond donors (Lipinski definition) is 0. The van der Waals surface area contributed by atoms with Crippen LogP contribution in [0.3, 0.4) is 0 Å². The first kappa shape index (κ1) is 18.3. The van der Waals surface area contributed by atoms with Gasteiger partial charge in [-0.05, 0) is 48.6 Å². The Morgan fingerprint density at radius 1 is 1.10 bits per heavy atom. The van der Waals surface area contributed by atoms with Crippen molar-refractivity contribution in [3.63, 3.8) is 0 Å². The van der Waals surface area contributed by atoms with Crippen molar-refractivity contribution in [1.29, 1.82) is 0 Å². The fourth-order valence-corrected chi connectivity index (χ4v) is 2.74. The second-order valence-electron chi connectivity index (χ2n) is 6.08. The molecule has 3 aromatic rings. The molecule has 0 N–H and O–H groups in total. The molecule has 0 unspecified atom stereocenters. The Bertz CT molecular complexity index is 1100. The highest BCUT2D eigenvalue weighted by Crippen LogP contribution is 2.32. The number of fused-ring (bicyclic) bond motifs is 1. The minimum absolute atomic E-state index is 0.0226. The maximum absolute atomic E-state index is 12.3. The van der Waals surface area contributed by atoms with Crippen LogP contribution in [0.2, 0.25) is 0 Å². The van der Waals surface area contributed by atoms with Gasteiger partial charge in [-0.15, -0.1) is 0 Å². The van der Waals surface area contributed by atoms with E-state index in [9.17, 15) is 14.9 Å². The third-order valence-corrected chi connectivity index (χ3v) is 4.17. The van der Waals surface area contributed by atoms with E-state index in [4.69, 9.17) is 18.6 Å². The number of carbonyl (C=O) groups excluding carboxylic acids is 1. The molecule has 8 nitrogen and oxygen atoms in total. The van der Waals surface area contributed by atoms with Gasteiger partial charge in [0.2, 0.25) is 6.79 Å². The van der Waals surface area contributed by atoms with E-state index in [-0.39, 0.29) is 30.6 Å². The minimum atomic E-state index is -0.507. The molecule has 0 spiro atoms. The number of hydrogen-bond acceptors (Lipinski definition) is 7. The standard InChI is InChI=1S/C21H15NO7/c23-18(14-5-10-20-21(11-14)28-13-27-20)9-8-15-6-7-16(29-15)12-26-19-4-2-1-3-17(19)22(24)25/h1-11H,12-13H2/b9-8+. The monoisotopic (exact) mass is 393 g/mol. The maximum atomic E-state index is 12.3. The summed E-state index contributed by atoms with van der Waals surface area (Å²) < 4.78 is 21.6. The molecule has 0 aliphatic carbocycles. The SMILES string of the molecule is O=C(/C=C/c1ccc(COc2ccccc2[N+](=O)[O-])o1)c1ccc2c(c1)OCO2. The lowest BCUT2D eigenvalue weighted by Crippen LogP contribution is -1.97. The van der Waals surface area contributed by atoms with Crippen molar-refractivity contribution < 1.29 is 28.3 Å². The summed E-state index contributed by atoms with van der Waals surface area (Å²) in [6.45, 7) is 0.168. The highest BCUT2D eigenvalue weighted by molar-refractivity contribution is 6.07. The van der Waals surface area contributed by atoms with E-state index < -0.39 is 4.92 Å². The van der Waals surface area contributed by atoms with E-state index in [1.165, 1.54) is 18.2 Å². The quantitative estimate of drug-likeness (QED) is 0.254. The van der Waals surface area contributed by atoms with Crippen molar-refractivity contribution in [1.82, 2.24) is 0 Å². The van der Waals surface area contributed by atoms with E-state index in [1.807, 2.05) is 0 Å². The largest absolute Gasteiger partial charge is 0.479 e. The number of allylic oxidation sites excluding steroid dienone is 1. The number of ketones is 1. The van der Waals surface area contributed by atoms with Crippen LogP contribution in [0.4, 0.5) is 5.69 Å². The number of carbonyl (C=O) groups is 1. The van der Waals surface area contributed by atoms with Crippen molar-refractivity contribution in [2.45, 2.75) is 6.61 Å². The fourth-order valence-electron chi connectivity index (χ4n) is 2.74. The molecular weight excluding hydrogens is 378 g/mol. The Balaban J connectivity index is 1.39. The predicted octanol–water partition coefficient (Wildman–Crippen LogP) is 4.39. The maximum Gasteiger partial charge on any atom is 0.310 e. The van der Waals surface area contributed by atoms with Crippen molar-refractivity contribution in [3.05, 3.63) is 87.9 Å². The number of nitro benzene ring substituents is 1. The summed E-state index contributed by atoms with van der Waals surface area (Å²) in [5.74, 6) is 2.02. The third kappa shape index (κ3) is 4.11. The zero-order chi connectivity index (χ0) is 20.2. The summed E-state index contributed by atoms with van der Waals surface area (Å²) in [4.78, 5) is 22.8. The molecule has 0 bridgehead atoms. The molecule has 0 atom stereocenters. The van der Waals surface area contributed by atoms with Gasteiger partial charge >= 0.3 is 5.69 Å². The lowest BCUT2D eigenvalue weighted by Gasteiger charge is -2.04. The Kier molecular flexibility index (Phi) is 4.98. The number of rotatable bonds is 7. The van der Waals surface area contributed by atoms with Gasteiger partial charge < -0.3 is 18.6 Å². The molecule has 0 saturated heterocycles. The molecular formula is C21H15NO7. The summed E-state index contributed by atoms with van der Waals surface area (Å²) in [6, 6.07) is 14.4. The molecule has 2 heterocycles. The number of ether oxygens (including phenoxy) is 3. The van der Waals surface area contributed by atoms with Crippen LogP contribution in [0.15, 0.2) is 65.1 Å². The first-order chi connectivity index (χ1) is 14.1. The Hall–Kier alpha value is -4.07. The average molecular weight is 393 g/mol. The lowest BCUT2D eigenvalue weighted by molar-refractivity contribution is -0.386. The normalized spacial score (nSPS) is 12.3. The summed E-state index contributed by atoms with van der Waals surface area (Å²) in [5.41, 5.74) is 0.352. The summed E-state index contributed by atoms with van der Waals surface area (Å²) >= 11 is 0. The van der Waals surface area contributed by atoms with Crippen LogP contribution in [0.25, 0.3) is 6.08 Å². The molecule has 0 saturated carbocycles. The number of para-hydroxylation sites is 2. The van der Waals surface area contributed by atoms with Crippen LogP contribution < -0.4 is 14.2 Å². The van der Waals surface area contributed by atoms with Gasteiger partial charge in [0.15, 0.2) is 23.0 Å². The molecule has 4 rings (SSSR count). The van der Waals surface area contributed by atoms with Crippen molar-refractivity contribution in [3.8, 4) is 17.2 Å². The second kappa shape index (κ2) is 7.89. The molecule has 29 heavy (non-hydrogen) atoms. The van der Waals surface area contributed by atoms with Gasteiger partial charge in [-0.2, -0.15) is 0 Å². The van der Waals surface area contributed by atoms with Gasteiger partial charge in [0, 0.05) is 11.6 Å². The molecule has 0 amide bonds. The van der Waals surface area contributed by atoms with Crippen molar-refractivity contribution in [2.24, 2.45) is 0 Å². The molecule has 1 aliphatic rings. The first-order valence-corrected chi connectivity index (χ1v) is 8.67. The van der Waals surface area contributed by atoms with E-state index in [0.29, 0.717) is 28.6 Å². The van der Waals surface area contributed by atoms with Crippen LogP contribution in [-0.4, -0.2) is 17.5 Å². The molecule has 2 aromatic carbocycles. The predicted molar refractivity (Wildman–Crippen MR) is 102 cm³/mol. The zero-order valence-electron chi connectivity index (χ0n) is 15.1. The van der Waals surface area contributed by atoms with Crippen molar-refractivity contribution in [2.75, 3.05) is 6.79 Å². The number of nitro groups is 1. The van der Waals surface area contributed by atoms with Gasteiger partial charge in [0.1, 0.15) is 18.1 Å². The molecule has 1 aromatic heterocycles. The minimum Gasteiger partial charge on any atom is -0.479 e. The van der Waals surface area contributed by atoms with Crippen LogP contribution in [0.5, 0.6) is 17.2 Å². The fraction of sp³-hybridized carbons (Fsp3) is 0.0952. The average Bonchev–Trinajstić information content (AvgIpc) is 3.39. The van der Waals surface area contributed by atoms with E-state index in [2.05, 4.69) is 0 Å². The molecule has 0 fully saturated rings. The Labute approximate surface area is 165 Å². The molecule has 8 heteroatoms. The topological polar surface area (TPSA) is 101 Å². The lowest BCUT2D eigenvalue weighted by atomic mass is 10.1. The summed E-state index contributed by atoms with van der Waals surface area (Å²) in [6.07, 6.45) is 2.93. The number of benzene rings is 2. The third-order valence-electron chi connectivity index (χ3n) is 4.17. The first-order valence-electron chi connectivity index (χ1n) is 8.67. The smallest absolute Gasteiger partial charge is 0.310 e. The second-order valence-corrected chi connectivity index (χ2v) is 6.08. The van der Waals surface area contributed by atoms with Crippen LogP contribution in [0.1, 0.15) is 21.9 Å². The van der Waals surface area contributed by atoms with E-state index >= 15 is 0 Å². The van der Waals surface area contributed by atoms with Crippen LogP contribution in [-0.2, 0) is 6.61 Å². The van der Waals surface area contributed by atoms with Gasteiger partial charge in [0.25, 0.3) is 0 Å². The molecule has 146 valence electrons.